The van der Waals surface area contributed by atoms with Gasteiger partial charge in [0, 0.05) is 6.04 Å². The average molecular weight is 185 g/mol. The van der Waals surface area contributed by atoms with E-state index in [2.05, 4.69) is 4.98 Å². The minimum absolute atomic E-state index is 0.105. The molecule has 1 aromatic heterocycles. The van der Waals surface area contributed by atoms with Crippen molar-refractivity contribution in [3.63, 3.8) is 0 Å². The number of nitrogens with zero attached hydrogens (tertiary/aromatic N) is 1. The number of nitrogens with one attached hydrogen (secondary N) is 1. The molecule has 0 atom stereocenters. The second-order valence-electron chi connectivity index (χ2n) is 2.96. The van der Waals surface area contributed by atoms with Gasteiger partial charge in [0.05, 0.1) is 0 Å². The van der Waals surface area contributed by atoms with Gasteiger partial charge >= 0.3 is 11.7 Å². The number of carboxylic acid groups (broad SMARTS) is 1. The summed E-state index contributed by atoms with van der Waals surface area (Å²) in [6, 6.07) is -0.229. The highest BCUT2D eigenvalue weighted by atomic mass is 16.4. The van der Waals surface area contributed by atoms with E-state index in [1.807, 2.05) is 0 Å². The van der Waals surface area contributed by atoms with Gasteiger partial charge in [-0.05, 0) is 13.8 Å². The fourth-order valence-electron chi connectivity index (χ4n) is 1.18. The van der Waals surface area contributed by atoms with E-state index in [4.69, 9.17) is 10.8 Å². The molecule has 0 fully saturated rings. The van der Waals surface area contributed by atoms with Crippen molar-refractivity contribution in [3.8, 4) is 0 Å². The second-order valence-corrected chi connectivity index (χ2v) is 2.96. The lowest BCUT2D eigenvalue weighted by Crippen LogP contribution is -2.22. The molecule has 0 amide bonds. The molecule has 0 aliphatic heterocycles. The molecule has 0 spiro atoms. The predicted molar refractivity (Wildman–Crippen MR) is 46.8 cm³/mol. The Labute approximate surface area is 74.0 Å². The Hall–Kier alpha value is -1.72. The topological polar surface area (TPSA) is 101 Å². The smallest absolute Gasteiger partial charge is 0.356 e. The maximum absolute atomic E-state index is 11.2. The number of hydrogen-bond acceptors (Lipinski definition) is 3. The van der Waals surface area contributed by atoms with E-state index in [1.54, 1.807) is 13.8 Å². The summed E-state index contributed by atoms with van der Waals surface area (Å²) >= 11 is 0. The van der Waals surface area contributed by atoms with Crippen LogP contribution in [0.4, 0.5) is 5.82 Å². The van der Waals surface area contributed by atoms with Gasteiger partial charge in [0.15, 0.2) is 5.69 Å². The molecule has 1 rings (SSSR count). The van der Waals surface area contributed by atoms with Crippen LogP contribution in [0.15, 0.2) is 4.79 Å². The molecule has 13 heavy (non-hydrogen) atoms. The summed E-state index contributed by atoms with van der Waals surface area (Å²) in [6.07, 6.45) is 0. The van der Waals surface area contributed by atoms with E-state index in [1.165, 1.54) is 0 Å². The number of aromatic nitrogens is 2. The van der Waals surface area contributed by atoms with Crippen LogP contribution < -0.4 is 11.4 Å². The number of imidazole rings is 1. The first-order chi connectivity index (χ1) is 5.95. The molecule has 1 heterocycles. The first kappa shape index (κ1) is 9.37. The maximum atomic E-state index is 11.2. The summed E-state index contributed by atoms with van der Waals surface area (Å²) in [6.45, 7) is 3.42. The van der Waals surface area contributed by atoms with Crippen LogP contribution in [0, 0.1) is 0 Å². The van der Waals surface area contributed by atoms with Crippen LogP contribution in [0.2, 0.25) is 0 Å². The fourth-order valence-corrected chi connectivity index (χ4v) is 1.18. The van der Waals surface area contributed by atoms with Crippen LogP contribution in [-0.2, 0) is 0 Å². The third-order valence-corrected chi connectivity index (χ3v) is 1.68. The van der Waals surface area contributed by atoms with Crippen LogP contribution in [0.5, 0.6) is 0 Å². The molecule has 0 aromatic carbocycles. The Morgan fingerprint density at radius 1 is 1.62 bits per heavy atom. The number of carboxylic acids is 1. The second kappa shape index (κ2) is 2.96. The van der Waals surface area contributed by atoms with Gasteiger partial charge < -0.3 is 10.8 Å². The van der Waals surface area contributed by atoms with E-state index in [0.29, 0.717) is 0 Å². The van der Waals surface area contributed by atoms with Crippen molar-refractivity contribution in [2.24, 2.45) is 0 Å². The molecule has 0 unspecified atom stereocenters. The van der Waals surface area contributed by atoms with Crippen molar-refractivity contribution in [3.05, 3.63) is 16.2 Å². The lowest BCUT2D eigenvalue weighted by molar-refractivity contribution is 0.0684. The lowest BCUT2D eigenvalue weighted by Gasteiger charge is -2.07. The van der Waals surface area contributed by atoms with E-state index in [9.17, 15) is 9.59 Å². The van der Waals surface area contributed by atoms with Crippen molar-refractivity contribution >= 4 is 11.8 Å². The third kappa shape index (κ3) is 1.42. The first-order valence-corrected chi connectivity index (χ1v) is 3.78. The van der Waals surface area contributed by atoms with Gasteiger partial charge in [0.2, 0.25) is 0 Å². The van der Waals surface area contributed by atoms with Crippen LogP contribution >= 0.6 is 0 Å². The summed E-state index contributed by atoms with van der Waals surface area (Å²) < 4.78 is 1.11. The molecule has 0 aliphatic carbocycles. The van der Waals surface area contributed by atoms with Gasteiger partial charge in [-0.15, -0.1) is 0 Å². The molecule has 0 radical (unpaired) electrons. The number of anilines is 1. The monoisotopic (exact) mass is 185 g/mol. The number of aromatic amines is 1. The summed E-state index contributed by atoms with van der Waals surface area (Å²) in [4.78, 5) is 24.1. The zero-order chi connectivity index (χ0) is 10.2. The lowest BCUT2D eigenvalue weighted by atomic mass is 10.3. The van der Waals surface area contributed by atoms with Gasteiger partial charge in [-0.3, -0.25) is 9.55 Å². The van der Waals surface area contributed by atoms with E-state index < -0.39 is 11.7 Å². The van der Waals surface area contributed by atoms with Crippen LogP contribution in [0.1, 0.15) is 30.4 Å². The Kier molecular flexibility index (Phi) is 2.14. The number of nitrogen functional groups attached to an aromatic ring is 1. The van der Waals surface area contributed by atoms with Gasteiger partial charge in [-0.2, -0.15) is 0 Å². The fraction of sp³-hybridized carbons (Fsp3) is 0.429. The third-order valence-electron chi connectivity index (χ3n) is 1.68. The molecule has 0 saturated carbocycles. The molecule has 0 bridgehead atoms. The van der Waals surface area contributed by atoms with E-state index in [-0.39, 0.29) is 17.6 Å². The van der Waals surface area contributed by atoms with Gasteiger partial charge in [0.25, 0.3) is 0 Å². The van der Waals surface area contributed by atoms with Crippen LogP contribution in [-0.4, -0.2) is 20.6 Å². The largest absolute Gasteiger partial charge is 0.476 e. The zero-order valence-corrected chi connectivity index (χ0v) is 7.37. The highest BCUT2D eigenvalue weighted by molar-refractivity contribution is 5.90. The van der Waals surface area contributed by atoms with Crippen LogP contribution in [0.25, 0.3) is 0 Å². The molecular formula is C7H11N3O3. The Bertz CT molecular complexity index is 388. The number of aromatic carboxylic acids is 1. The average Bonchev–Trinajstić information content (AvgIpc) is 2.24. The maximum Gasteiger partial charge on any atom is 0.356 e. The van der Waals surface area contributed by atoms with Gasteiger partial charge in [0.1, 0.15) is 5.82 Å². The van der Waals surface area contributed by atoms with Crippen LogP contribution in [0.3, 0.4) is 0 Å². The summed E-state index contributed by atoms with van der Waals surface area (Å²) in [5.74, 6) is -1.31. The molecule has 6 nitrogen and oxygen atoms in total. The number of nitrogens with two attached hydrogens (primary N) is 1. The SMILES string of the molecule is CC(C)n1c(C(=O)O)c(N)[nH]c1=O. The summed E-state index contributed by atoms with van der Waals surface area (Å²) in [5, 5.41) is 8.75. The highest BCUT2D eigenvalue weighted by Crippen LogP contribution is 2.11. The molecule has 1 aromatic rings. The molecule has 6 heteroatoms. The number of H-pyrrole nitrogens is 1. The number of rotatable bonds is 2. The predicted octanol–water partition coefficient (Wildman–Crippen LogP) is 0.0377. The molecule has 72 valence electrons. The Morgan fingerprint density at radius 3 is 2.46 bits per heavy atom. The minimum atomic E-state index is -1.20. The number of hydrogen-bond donors (Lipinski definition) is 3. The minimum Gasteiger partial charge on any atom is -0.476 e. The Morgan fingerprint density at radius 2 is 2.15 bits per heavy atom. The van der Waals surface area contributed by atoms with Crippen molar-refractivity contribution in [2.45, 2.75) is 19.9 Å². The highest BCUT2D eigenvalue weighted by Gasteiger charge is 2.19. The van der Waals surface area contributed by atoms with Crippen molar-refractivity contribution in [2.75, 3.05) is 5.73 Å². The standard InChI is InChI=1S/C7H11N3O3/c1-3(2)10-4(6(11)12)5(8)9-7(10)13/h3H,8H2,1-2H3,(H,9,13)(H,11,12). The van der Waals surface area contributed by atoms with E-state index in [0.717, 1.165) is 4.57 Å². The van der Waals surface area contributed by atoms with Crippen molar-refractivity contribution in [1.29, 1.82) is 0 Å². The molecule has 4 N–H and O–H groups in total. The van der Waals surface area contributed by atoms with Gasteiger partial charge in [-0.1, -0.05) is 0 Å². The normalized spacial score (nSPS) is 10.7. The summed E-state index contributed by atoms with van der Waals surface area (Å²) in [5.41, 5.74) is 4.65. The van der Waals surface area contributed by atoms with Crippen molar-refractivity contribution in [1.82, 2.24) is 9.55 Å². The quantitative estimate of drug-likeness (QED) is 0.605. The first-order valence-electron chi connectivity index (χ1n) is 3.78. The molecular weight excluding hydrogens is 174 g/mol. The molecule has 0 aliphatic rings. The van der Waals surface area contributed by atoms with E-state index >= 15 is 0 Å². The van der Waals surface area contributed by atoms with Crippen molar-refractivity contribution < 1.29 is 9.90 Å². The summed E-state index contributed by atoms with van der Waals surface area (Å²) in [7, 11) is 0. The number of carbonyl (C=O) groups is 1. The Balaban J connectivity index is 3.47. The molecule has 0 saturated heterocycles. The van der Waals surface area contributed by atoms with Gasteiger partial charge in [-0.25, -0.2) is 9.59 Å². The zero-order valence-electron chi connectivity index (χ0n) is 7.37.